The van der Waals surface area contributed by atoms with Gasteiger partial charge in [-0.05, 0) is 55.7 Å². The fourth-order valence-electron chi connectivity index (χ4n) is 2.59. The molecule has 18 heavy (non-hydrogen) atoms. The second-order valence-electron chi connectivity index (χ2n) is 5.59. The highest BCUT2D eigenvalue weighted by molar-refractivity contribution is 5.30. The van der Waals surface area contributed by atoms with Crippen LogP contribution in [0.15, 0.2) is 24.3 Å². The van der Waals surface area contributed by atoms with E-state index < -0.39 is 0 Å². The van der Waals surface area contributed by atoms with Crippen molar-refractivity contribution in [3.63, 3.8) is 0 Å². The molecule has 0 aromatic heterocycles. The first-order valence-electron chi connectivity index (χ1n) is 7.21. The summed E-state index contributed by atoms with van der Waals surface area (Å²) in [6.07, 6.45) is 6.31. The minimum absolute atomic E-state index is 0.125. The molecule has 1 saturated carbocycles. The van der Waals surface area contributed by atoms with E-state index in [1.807, 2.05) is 12.1 Å². The lowest BCUT2D eigenvalue weighted by molar-refractivity contribution is 0.135. The maximum Gasteiger partial charge on any atom is 0.120 e. The highest BCUT2D eigenvalue weighted by Crippen LogP contribution is 2.28. The summed E-state index contributed by atoms with van der Waals surface area (Å²) >= 11 is 0. The average Bonchev–Trinajstić information content (AvgIpc) is 2.41. The molecule has 1 unspecified atom stereocenters. The number of rotatable bonds is 4. The van der Waals surface area contributed by atoms with E-state index in [2.05, 4.69) is 26.0 Å². The first-order valence-corrected chi connectivity index (χ1v) is 7.21. The van der Waals surface area contributed by atoms with Crippen LogP contribution in [0.25, 0.3) is 0 Å². The number of hydrogen-bond acceptors (Lipinski definition) is 2. The van der Waals surface area contributed by atoms with Crippen LogP contribution in [0.2, 0.25) is 0 Å². The van der Waals surface area contributed by atoms with Gasteiger partial charge in [0, 0.05) is 6.04 Å². The Balaban J connectivity index is 1.96. The zero-order chi connectivity index (χ0) is 13.0. The van der Waals surface area contributed by atoms with Crippen LogP contribution in [-0.2, 0) is 0 Å². The highest BCUT2D eigenvalue weighted by Gasteiger charge is 2.19. The fraction of sp³-hybridized carbons (Fsp3) is 0.625. The van der Waals surface area contributed by atoms with Crippen molar-refractivity contribution in [2.45, 2.75) is 58.1 Å². The predicted molar refractivity (Wildman–Crippen MR) is 75.7 cm³/mol. The normalized spacial score (nSPS) is 25.7. The van der Waals surface area contributed by atoms with Gasteiger partial charge in [0.25, 0.3) is 0 Å². The second kappa shape index (κ2) is 6.24. The molecule has 0 bridgehead atoms. The van der Waals surface area contributed by atoms with Crippen LogP contribution in [-0.4, -0.2) is 6.10 Å². The molecule has 1 atom stereocenters. The van der Waals surface area contributed by atoms with Crippen LogP contribution >= 0.6 is 0 Å². The third-order valence-electron chi connectivity index (χ3n) is 3.99. The van der Waals surface area contributed by atoms with Crippen LogP contribution in [0.3, 0.4) is 0 Å². The zero-order valence-corrected chi connectivity index (χ0v) is 11.6. The van der Waals surface area contributed by atoms with Crippen LogP contribution in [0.4, 0.5) is 0 Å². The Morgan fingerprint density at radius 3 is 2.67 bits per heavy atom. The van der Waals surface area contributed by atoms with E-state index in [-0.39, 0.29) is 6.04 Å². The Hall–Kier alpha value is -1.02. The first kappa shape index (κ1) is 13.4. The molecule has 0 heterocycles. The van der Waals surface area contributed by atoms with Gasteiger partial charge in [0.1, 0.15) is 5.75 Å². The van der Waals surface area contributed by atoms with Crippen LogP contribution in [0.1, 0.15) is 57.6 Å². The number of hydrogen-bond donors (Lipinski definition) is 1. The molecule has 1 aliphatic rings. The zero-order valence-electron chi connectivity index (χ0n) is 11.6. The van der Waals surface area contributed by atoms with Crippen molar-refractivity contribution in [3.8, 4) is 5.75 Å². The van der Waals surface area contributed by atoms with E-state index in [4.69, 9.17) is 10.5 Å². The Morgan fingerprint density at radius 2 is 2.00 bits per heavy atom. The van der Waals surface area contributed by atoms with Crippen molar-refractivity contribution in [2.75, 3.05) is 0 Å². The van der Waals surface area contributed by atoms with E-state index in [1.165, 1.54) is 31.2 Å². The molecule has 0 amide bonds. The Bertz CT molecular complexity index is 369. The SMILES string of the molecule is CCC(N)c1cccc(OC2CCC(C)CC2)c1. The third kappa shape index (κ3) is 3.49. The summed E-state index contributed by atoms with van der Waals surface area (Å²) in [6, 6.07) is 8.41. The summed E-state index contributed by atoms with van der Waals surface area (Å²) in [5.41, 5.74) is 7.24. The molecule has 1 aromatic rings. The molecule has 1 fully saturated rings. The molecule has 0 saturated heterocycles. The third-order valence-corrected chi connectivity index (χ3v) is 3.99. The van der Waals surface area contributed by atoms with Gasteiger partial charge in [0.05, 0.1) is 6.10 Å². The second-order valence-corrected chi connectivity index (χ2v) is 5.59. The molecule has 2 rings (SSSR count). The highest BCUT2D eigenvalue weighted by atomic mass is 16.5. The Labute approximate surface area is 111 Å². The smallest absolute Gasteiger partial charge is 0.120 e. The van der Waals surface area contributed by atoms with Gasteiger partial charge in [-0.15, -0.1) is 0 Å². The van der Waals surface area contributed by atoms with Gasteiger partial charge in [-0.1, -0.05) is 26.0 Å². The molecule has 100 valence electrons. The van der Waals surface area contributed by atoms with Gasteiger partial charge < -0.3 is 10.5 Å². The largest absolute Gasteiger partial charge is 0.490 e. The summed E-state index contributed by atoms with van der Waals surface area (Å²) < 4.78 is 6.08. The van der Waals surface area contributed by atoms with Crippen molar-refractivity contribution < 1.29 is 4.74 Å². The Morgan fingerprint density at radius 1 is 1.28 bits per heavy atom. The van der Waals surface area contributed by atoms with Gasteiger partial charge in [-0.25, -0.2) is 0 Å². The topological polar surface area (TPSA) is 35.2 Å². The lowest BCUT2D eigenvalue weighted by Crippen LogP contribution is -2.23. The number of benzene rings is 1. The van der Waals surface area contributed by atoms with E-state index in [0.717, 1.165) is 18.1 Å². The molecule has 0 spiro atoms. The molecule has 0 radical (unpaired) electrons. The summed E-state index contributed by atoms with van der Waals surface area (Å²) in [6.45, 7) is 4.44. The number of nitrogens with two attached hydrogens (primary N) is 1. The minimum atomic E-state index is 0.125. The molecule has 2 nitrogen and oxygen atoms in total. The van der Waals surface area contributed by atoms with Gasteiger partial charge >= 0.3 is 0 Å². The summed E-state index contributed by atoms with van der Waals surface area (Å²) in [5.74, 6) is 1.85. The van der Waals surface area contributed by atoms with Crippen molar-refractivity contribution in [3.05, 3.63) is 29.8 Å². The van der Waals surface area contributed by atoms with Crippen molar-refractivity contribution >= 4 is 0 Å². The van der Waals surface area contributed by atoms with E-state index in [9.17, 15) is 0 Å². The fourth-order valence-corrected chi connectivity index (χ4v) is 2.59. The molecular formula is C16H25NO. The average molecular weight is 247 g/mol. The van der Waals surface area contributed by atoms with Crippen LogP contribution < -0.4 is 10.5 Å². The van der Waals surface area contributed by atoms with Crippen LogP contribution in [0.5, 0.6) is 5.75 Å². The van der Waals surface area contributed by atoms with E-state index >= 15 is 0 Å². The van der Waals surface area contributed by atoms with Crippen molar-refractivity contribution in [1.82, 2.24) is 0 Å². The minimum Gasteiger partial charge on any atom is -0.490 e. The van der Waals surface area contributed by atoms with Crippen molar-refractivity contribution in [2.24, 2.45) is 11.7 Å². The van der Waals surface area contributed by atoms with Crippen molar-refractivity contribution in [1.29, 1.82) is 0 Å². The van der Waals surface area contributed by atoms with Crippen LogP contribution in [0, 0.1) is 5.92 Å². The van der Waals surface area contributed by atoms with E-state index in [1.54, 1.807) is 0 Å². The summed E-state index contributed by atoms with van der Waals surface area (Å²) in [4.78, 5) is 0. The number of ether oxygens (including phenoxy) is 1. The summed E-state index contributed by atoms with van der Waals surface area (Å²) in [5, 5.41) is 0. The lowest BCUT2D eigenvalue weighted by Gasteiger charge is -2.27. The molecule has 1 aliphatic carbocycles. The maximum atomic E-state index is 6.08. The summed E-state index contributed by atoms with van der Waals surface area (Å²) in [7, 11) is 0. The standard InChI is InChI=1S/C16H25NO/c1-3-16(17)13-5-4-6-15(11-13)18-14-9-7-12(2)8-10-14/h4-6,11-12,14,16H,3,7-10,17H2,1-2H3. The molecular weight excluding hydrogens is 222 g/mol. The van der Waals surface area contributed by atoms with Gasteiger partial charge in [-0.2, -0.15) is 0 Å². The molecule has 2 heteroatoms. The molecule has 1 aromatic carbocycles. The quantitative estimate of drug-likeness (QED) is 0.871. The van der Waals surface area contributed by atoms with E-state index in [0.29, 0.717) is 6.10 Å². The maximum absolute atomic E-state index is 6.08. The Kier molecular flexibility index (Phi) is 4.65. The monoisotopic (exact) mass is 247 g/mol. The lowest BCUT2D eigenvalue weighted by atomic mass is 9.89. The van der Waals surface area contributed by atoms with Gasteiger partial charge in [0.2, 0.25) is 0 Å². The van der Waals surface area contributed by atoms with Gasteiger partial charge in [0.15, 0.2) is 0 Å². The predicted octanol–water partition coefficient (Wildman–Crippen LogP) is 4.05. The molecule has 2 N–H and O–H groups in total. The first-order chi connectivity index (χ1) is 8.69. The van der Waals surface area contributed by atoms with Gasteiger partial charge in [-0.3, -0.25) is 0 Å². The molecule has 0 aliphatic heterocycles.